The first-order chi connectivity index (χ1) is 13.5. The number of amides is 1. The molecule has 2 unspecified atom stereocenters. The number of nitriles is 1. The predicted molar refractivity (Wildman–Crippen MR) is 101 cm³/mol. The van der Waals surface area contributed by atoms with Gasteiger partial charge in [0, 0.05) is 17.9 Å². The predicted octanol–water partition coefficient (Wildman–Crippen LogP) is 2.94. The van der Waals surface area contributed by atoms with Crippen LogP contribution in [0.25, 0.3) is 0 Å². The van der Waals surface area contributed by atoms with Gasteiger partial charge in [-0.2, -0.15) is 5.26 Å². The van der Waals surface area contributed by atoms with Crippen molar-refractivity contribution >= 4 is 17.7 Å². The van der Waals surface area contributed by atoms with E-state index >= 15 is 0 Å². The monoisotopic (exact) mass is 398 g/mol. The number of nitrogens with zero attached hydrogens (tertiary/aromatic N) is 2. The highest BCUT2D eigenvalue weighted by Crippen LogP contribution is 2.53. The summed E-state index contributed by atoms with van der Waals surface area (Å²) in [6.07, 6.45) is 1.47. The van der Waals surface area contributed by atoms with E-state index in [1.54, 1.807) is 24.3 Å². The minimum absolute atomic E-state index is 0.0273. The molecule has 2 atom stereocenters. The molecule has 0 bridgehead atoms. The van der Waals surface area contributed by atoms with Gasteiger partial charge in [-0.25, -0.2) is 0 Å². The SMILES string of the molecule is COc1cccc(C2CC(=O)N3C(=C2C#N)SCC3(O)c2ccco2)c1OC. The van der Waals surface area contributed by atoms with Crippen LogP contribution in [0.5, 0.6) is 11.5 Å². The molecule has 1 aromatic carbocycles. The number of hydrogen-bond acceptors (Lipinski definition) is 7. The molecule has 144 valence electrons. The van der Waals surface area contributed by atoms with Crippen molar-refractivity contribution in [2.24, 2.45) is 0 Å². The molecule has 4 rings (SSSR count). The number of thioether (sulfide) groups is 1. The number of carbonyl (C=O) groups excluding carboxylic acids is 1. The van der Waals surface area contributed by atoms with Gasteiger partial charge >= 0.3 is 0 Å². The van der Waals surface area contributed by atoms with Crippen molar-refractivity contribution in [1.29, 1.82) is 5.26 Å². The van der Waals surface area contributed by atoms with Crippen molar-refractivity contribution < 1.29 is 23.8 Å². The van der Waals surface area contributed by atoms with E-state index < -0.39 is 11.6 Å². The highest BCUT2D eigenvalue weighted by atomic mass is 32.2. The van der Waals surface area contributed by atoms with Gasteiger partial charge in [-0.1, -0.05) is 12.1 Å². The van der Waals surface area contributed by atoms with Crippen LogP contribution in [0.2, 0.25) is 0 Å². The maximum atomic E-state index is 13.1. The number of aliphatic hydroxyl groups is 1. The number of benzene rings is 1. The zero-order valence-electron chi connectivity index (χ0n) is 15.3. The molecule has 7 nitrogen and oxygen atoms in total. The first-order valence-corrected chi connectivity index (χ1v) is 9.61. The molecule has 0 radical (unpaired) electrons. The van der Waals surface area contributed by atoms with E-state index in [0.29, 0.717) is 27.7 Å². The number of fused-ring (bicyclic) bond motifs is 1. The Labute approximate surface area is 166 Å². The Kier molecular flexibility index (Phi) is 4.57. The van der Waals surface area contributed by atoms with Crippen molar-refractivity contribution in [3.05, 3.63) is 58.5 Å². The summed E-state index contributed by atoms with van der Waals surface area (Å²) >= 11 is 1.27. The summed E-state index contributed by atoms with van der Waals surface area (Å²) in [6, 6.07) is 10.9. The average molecular weight is 398 g/mol. The Morgan fingerprint density at radius 1 is 1.32 bits per heavy atom. The third-order valence-corrected chi connectivity index (χ3v) is 6.26. The molecule has 2 aromatic rings. The van der Waals surface area contributed by atoms with Crippen LogP contribution in [0.3, 0.4) is 0 Å². The van der Waals surface area contributed by atoms with Gasteiger partial charge in [-0.15, -0.1) is 11.8 Å². The van der Waals surface area contributed by atoms with Gasteiger partial charge in [0.2, 0.25) is 11.6 Å². The summed E-state index contributed by atoms with van der Waals surface area (Å²) in [4.78, 5) is 14.4. The molecule has 28 heavy (non-hydrogen) atoms. The molecule has 1 saturated heterocycles. The number of allylic oxidation sites excluding steroid dienone is 1. The fourth-order valence-electron chi connectivity index (χ4n) is 3.77. The summed E-state index contributed by atoms with van der Waals surface area (Å²) in [6.45, 7) is 0. The van der Waals surface area contributed by atoms with Gasteiger partial charge in [0.25, 0.3) is 0 Å². The van der Waals surface area contributed by atoms with Crippen LogP contribution in [-0.2, 0) is 10.5 Å². The number of carbonyl (C=O) groups is 1. The van der Waals surface area contributed by atoms with Gasteiger partial charge in [0.05, 0.1) is 42.9 Å². The fourth-order valence-corrected chi connectivity index (χ4v) is 5.10. The lowest BCUT2D eigenvalue weighted by Crippen LogP contribution is -2.48. The Morgan fingerprint density at radius 2 is 2.14 bits per heavy atom. The summed E-state index contributed by atoms with van der Waals surface area (Å²) < 4.78 is 16.2. The van der Waals surface area contributed by atoms with Crippen molar-refractivity contribution in [2.75, 3.05) is 20.0 Å². The lowest BCUT2D eigenvalue weighted by molar-refractivity contribution is -0.152. The topological polar surface area (TPSA) is 95.9 Å². The van der Waals surface area contributed by atoms with E-state index in [9.17, 15) is 15.2 Å². The average Bonchev–Trinajstić information content (AvgIpc) is 3.37. The Bertz CT molecular complexity index is 995. The molecule has 1 N–H and O–H groups in total. The smallest absolute Gasteiger partial charge is 0.231 e. The molecule has 1 aromatic heterocycles. The highest BCUT2D eigenvalue weighted by Gasteiger charge is 2.53. The number of rotatable bonds is 4. The van der Waals surface area contributed by atoms with E-state index in [1.807, 2.05) is 6.07 Å². The molecule has 1 fully saturated rings. The number of furan rings is 1. The van der Waals surface area contributed by atoms with Gasteiger partial charge in [-0.3, -0.25) is 9.69 Å². The summed E-state index contributed by atoms with van der Waals surface area (Å²) in [5, 5.41) is 21.5. The molecule has 3 heterocycles. The van der Waals surface area contributed by atoms with Crippen molar-refractivity contribution in [3.8, 4) is 17.6 Å². The third kappa shape index (κ3) is 2.58. The van der Waals surface area contributed by atoms with Gasteiger partial charge in [0.15, 0.2) is 17.3 Å². The fraction of sp³-hybridized carbons (Fsp3) is 0.300. The van der Waals surface area contributed by atoms with Crippen LogP contribution >= 0.6 is 11.8 Å². The minimum atomic E-state index is -1.61. The Balaban J connectivity index is 1.85. The van der Waals surface area contributed by atoms with Gasteiger partial charge in [-0.05, 0) is 18.2 Å². The lowest BCUT2D eigenvalue weighted by atomic mass is 9.85. The first-order valence-electron chi connectivity index (χ1n) is 8.62. The van der Waals surface area contributed by atoms with Gasteiger partial charge < -0.3 is 19.0 Å². The lowest BCUT2D eigenvalue weighted by Gasteiger charge is -2.36. The number of para-hydroxylation sites is 1. The van der Waals surface area contributed by atoms with Crippen molar-refractivity contribution in [2.45, 2.75) is 18.1 Å². The minimum Gasteiger partial charge on any atom is -0.493 e. The number of ether oxygens (including phenoxy) is 2. The molecule has 0 spiro atoms. The number of methoxy groups -OCH3 is 2. The van der Waals surface area contributed by atoms with Crippen LogP contribution < -0.4 is 9.47 Å². The van der Waals surface area contributed by atoms with Gasteiger partial charge in [0.1, 0.15) is 0 Å². The second kappa shape index (κ2) is 6.93. The largest absolute Gasteiger partial charge is 0.493 e. The molecule has 1 amide bonds. The second-order valence-corrected chi connectivity index (χ2v) is 7.45. The quantitative estimate of drug-likeness (QED) is 0.846. The molecule has 2 aliphatic rings. The molecule has 2 aliphatic heterocycles. The molecular weight excluding hydrogens is 380 g/mol. The molecule has 0 aliphatic carbocycles. The van der Waals surface area contributed by atoms with E-state index in [1.165, 1.54) is 37.1 Å². The van der Waals surface area contributed by atoms with Crippen LogP contribution in [0.15, 0.2) is 51.6 Å². The second-order valence-electron chi connectivity index (χ2n) is 6.48. The van der Waals surface area contributed by atoms with E-state index in [-0.39, 0.29) is 23.8 Å². The zero-order valence-corrected chi connectivity index (χ0v) is 16.2. The zero-order chi connectivity index (χ0) is 19.9. The van der Waals surface area contributed by atoms with E-state index in [4.69, 9.17) is 13.9 Å². The maximum Gasteiger partial charge on any atom is 0.231 e. The van der Waals surface area contributed by atoms with Crippen molar-refractivity contribution in [1.82, 2.24) is 4.90 Å². The summed E-state index contributed by atoms with van der Waals surface area (Å²) in [5.41, 5.74) is -0.488. The molecular formula is C20H18N2O5S. The highest BCUT2D eigenvalue weighted by molar-refractivity contribution is 8.03. The molecule has 8 heteroatoms. The van der Waals surface area contributed by atoms with Crippen LogP contribution in [0, 0.1) is 11.3 Å². The summed E-state index contributed by atoms with van der Waals surface area (Å²) in [7, 11) is 3.06. The third-order valence-electron chi connectivity index (χ3n) is 5.04. The van der Waals surface area contributed by atoms with E-state index in [2.05, 4.69) is 6.07 Å². The standard InChI is InChI=1S/C20H18N2O5S/c1-25-15-6-3-5-12(18(15)26-2)13-9-17(23)22-19(14(13)10-21)28-11-20(22,24)16-7-4-8-27-16/h3-8,13,24H,9,11H2,1-2H3. The van der Waals surface area contributed by atoms with E-state index in [0.717, 1.165) is 0 Å². The Morgan fingerprint density at radius 3 is 2.79 bits per heavy atom. The maximum absolute atomic E-state index is 13.1. The first kappa shape index (κ1) is 18.5. The normalized spacial score (nSPS) is 24.1. The molecule has 0 saturated carbocycles. The van der Waals surface area contributed by atoms with Crippen LogP contribution in [-0.4, -0.2) is 35.9 Å². The van der Waals surface area contributed by atoms with Crippen LogP contribution in [0.4, 0.5) is 0 Å². The van der Waals surface area contributed by atoms with Crippen LogP contribution in [0.1, 0.15) is 23.7 Å². The van der Waals surface area contributed by atoms with Crippen molar-refractivity contribution in [3.63, 3.8) is 0 Å². The number of hydrogen-bond donors (Lipinski definition) is 1. The Hall–Kier alpha value is -2.89. The summed E-state index contributed by atoms with van der Waals surface area (Å²) in [5.74, 6) is 0.720.